The summed E-state index contributed by atoms with van der Waals surface area (Å²) in [7, 11) is 0. The summed E-state index contributed by atoms with van der Waals surface area (Å²) in [4.78, 5) is 11.8. The number of aliphatic hydroxyl groups is 1. The van der Waals surface area contributed by atoms with E-state index in [1.54, 1.807) is 18.2 Å². The highest BCUT2D eigenvalue weighted by atomic mass is 16.7. The number of fused-ring (bicyclic) bond motifs is 1. The Hall–Kier alpha value is -1.75. The summed E-state index contributed by atoms with van der Waals surface area (Å²) in [5, 5.41) is 11.5. The van der Waals surface area contributed by atoms with E-state index in [2.05, 4.69) is 5.32 Å². The predicted octanol–water partition coefficient (Wildman–Crippen LogP) is 1.31. The lowest BCUT2D eigenvalue weighted by Crippen LogP contribution is -2.24. The Morgan fingerprint density at radius 2 is 2.06 bits per heavy atom. The lowest BCUT2D eigenvalue weighted by Gasteiger charge is -2.05. The molecule has 1 amide bonds. The normalized spacial score (nSPS) is 12.5. The summed E-state index contributed by atoms with van der Waals surface area (Å²) in [5.41, 5.74) is 0.571. The number of hydrogen-bond acceptors (Lipinski definition) is 4. The minimum absolute atomic E-state index is 0.114. The second-order valence-corrected chi connectivity index (χ2v) is 4.11. The number of aliphatic hydroxyl groups excluding tert-OH is 1. The number of amides is 1. The van der Waals surface area contributed by atoms with Gasteiger partial charge in [0.05, 0.1) is 0 Å². The van der Waals surface area contributed by atoms with Crippen molar-refractivity contribution in [3.8, 4) is 11.5 Å². The van der Waals surface area contributed by atoms with Crippen LogP contribution in [0.1, 0.15) is 29.6 Å². The lowest BCUT2D eigenvalue weighted by molar-refractivity contribution is 0.0952. The number of nitrogens with one attached hydrogen (secondary N) is 1. The van der Waals surface area contributed by atoms with Gasteiger partial charge in [-0.15, -0.1) is 0 Å². The zero-order valence-corrected chi connectivity index (χ0v) is 10.1. The number of carbonyl (C=O) groups is 1. The molecule has 0 bridgehead atoms. The molecule has 18 heavy (non-hydrogen) atoms. The molecule has 2 rings (SSSR count). The highest BCUT2D eigenvalue weighted by molar-refractivity contribution is 5.94. The van der Waals surface area contributed by atoms with Crippen LogP contribution in [-0.4, -0.2) is 31.0 Å². The van der Waals surface area contributed by atoms with E-state index in [4.69, 9.17) is 14.6 Å². The van der Waals surface area contributed by atoms with Gasteiger partial charge >= 0.3 is 0 Å². The highest BCUT2D eigenvalue weighted by Gasteiger charge is 2.15. The Kier molecular flexibility index (Phi) is 4.41. The van der Waals surface area contributed by atoms with E-state index >= 15 is 0 Å². The van der Waals surface area contributed by atoms with E-state index in [-0.39, 0.29) is 19.3 Å². The van der Waals surface area contributed by atoms with E-state index in [0.29, 0.717) is 23.6 Å². The summed E-state index contributed by atoms with van der Waals surface area (Å²) < 4.78 is 10.4. The van der Waals surface area contributed by atoms with Gasteiger partial charge in [-0.2, -0.15) is 0 Å². The lowest BCUT2D eigenvalue weighted by atomic mass is 10.2. The third kappa shape index (κ3) is 3.13. The summed E-state index contributed by atoms with van der Waals surface area (Å²) in [6, 6.07) is 5.14. The summed E-state index contributed by atoms with van der Waals surface area (Å²) in [6.07, 6.45) is 2.56. The van der Waals surface area contributed by atoms with Crippen LogP contribution >= 0.6 is 0 Å². The Morgan fingerprint density at radius 1 is 1.22 bits per heavy atom. The third-order valence-electron chi connectivity index (χ3n) is 2.76. The molecule has 0 radical (unpaired) electrons. The van der Waals surface area contributed by atoms with Gasteiger partial charge in [-0.25, -0.2) is 0 Å². The molecule has 0 aromatic heterocycles. The van der Waals surface area contributed by atoms with Gasteiger partial charge in [-0.05, 0) is 37.5 Å². The van der Waals surface area contributed by atoms with Crippen molar-refractivity contribution in [3.63, 3.8) is 0 Å². The second-order valence-electron chi connectivity index (χ2n) is 4.11. The van der Waals surface area contributed by atoms with Gasteiger partial charge in [-0.1, -0.05) is 0 Å². The van der Waals surface area contributed by atoms with Gasteiger partial charge < -0.3 is 19.9 Å². The van der Waals surface area contributed by atoms with Gasteiger partial charge in [0.1, 0.15) is 0 Å². The summed E-state index contributed by atoms with van der Waals surface area (Å²) in [6.45, 7) is 1.03. The van der Waals surface area contributed by atoms with Crippen LogP contribution in [0.5, 0.6) is 11.5 Å². The van der Waals surface area contributed by atoms with Gasteiger partial charge in [0.2, 0.25) is 6.79 Å². The quantitative estimate of drug-likeness (QED) is 0.748. The van der Waals surface area contributed by atoms with Crippen LogP contribution in [0.2, 0.25) is 0 Å². The Balaban J connectivity index is 1.82. The molecule has 0 atom stereocenters. The Bertz CT molecular complexity index is 419. The van der Waals surface area contributed by atoms with Crippen LogP contribution in [0.15, 0.2) is 18.2 Å². The van der Waals surface area contributed by atoms with Crippen molar-refractivity contribution in [2.75, 3.05) is 19.9 Å². The molecule has 0 aliphatic carbocycles. The van der Waals surface area contributed by atoms with Crippen LogP contribution in [0.4, 0.5) is 0 Å². The first kappa shape index (κ1) is 12.7. The molecule has 1 aliphatic rings. The topological polar surface area (TPSA) is 67.8 Å². The molecule has 5 nitrogen and oxygen atoms in total. The number of carbonyl (C=O) groups excluding carboxylic acids is 1. The SMILES string of the molecule is O=C(NCCCCCO)c1ccc2c(c1)OCO2. The van der Waals surface area contributed by atoms with Crippen molar-refractivity contribution in [1.82, 2.24) is 5.32 Å². The minimum Gasteiger partial charge on any atom is -0.454 e. The van der Waals surface area contributed by atoms with Crippen molar-refractivity contribution in [2.24, 2.45) is 0 Å². The van der Waals surface area contributed by atoms with Crippen LogP contribution < -0.4 is 14.8 Å². The van der Waals surface area contributed by atoms with E-state index < -0.39 is 0 Å². The first-order valence-electron chi connectivity index (χ1n) is 6.10. The molecule has 1 aromatic rings. The molecule has 0 saturated heterocycles. The molecule has 1 heterocycles. The van der Waals surface area contributed by atoms with Crippen LogP contribution in [0.25, 0.3) is 0 Å². The largest absolute Gasteiger partial charge is 0.454 e. The highest BCUT2D eigenvalue weighted by Crippen LogP contribution is 2.32. The Morgan fingerprint density at radius 3 is 2.89 bits per heavy atom. The molecule has 98 valence electrons. The standard InChI is InChI=1S/C13H17NO4/c15-7-3-1-2-6-14-13(16)10-4-5-11-12(8-10)18-9-17-11/h4-5,8,15H,1-3,6-7,9H2,(H,14,16). The maximum Gasteiger partial charge on any atom is 0.251 e. The predicted molar refractivity (Wildman–Crippen MR) is 65.8 cm³/mol. The number of rotatable bonds is 6. The number of hydrogen-bond donors (Lipinski definition) is 2. The van der Waals surface area contributed by atoms with Crippen LogP contribution in [0.3, 0.4) is 0 Å². The minimum atomic E-state index is -0.114. The number of unbranched alkanes of at least 4 members (excludes halogenated alkanes) is 2. The van der Waals surface area contributed by atoms with Crippen molar-refractivity contribution in [1.29, 1.82) is 0 Å². The zero-order chi connectivity index (χ0) is 12.8. The number of ether oxygens (including phenoxy) is 2. The van der Waals surface area contributed by atoms with E-state index in [9.17, 15) is 4.79 Å². The van der Waals surface area contributed by atoms with Crippen molar-refractivity contribution >= 4 is 5.91 Å². The molecule has 2 N–H and O–H groups in total. The fourth-order valence-corrected chi connectivity index (χ4v) is 1.76. The maximum atomic E-state index is 11.8. The smallest absolute Gasteiger partial charge is 0.251 e. The fourth-order valence-electron chi connectivity index (χ4n) is 1.76. The van der Waals surface area contributed by atoms with E-state index in [1.807, 2.05) is 0 Å². The number of benzene rings is 1. The molecule has 0 fully saturated rings. The van der Waals surface area contributed by atoms with Gasteiger partial charge in [-0.3, -0.25) is 4.79 Å². The summed E-state index contributed by atoms with van der Waals surface area (Å²) >= 11 is 0. The van der Waals surface area contributed by atoms with Crippen LogP contribution in [0, 0.1) is 0 Å². The van der Waals surface area contributed by atoms with E-state index in [0.717, 1.165) is 19.3 Å². The maximum absolute atomic E-state index is 11.8. The van der Waals surface area contributed by atoms with Gasteiger partial charge in [0.15, 0.2) is 11.5 Å². The van der Waals surface area contributed by atoms with Gasteiger partial charge in [0.25, 0.3) is 5.91 Å². The molecule has 5 heteroatoms. The van der Waals surface area contributed by atoms with Crippen molar-refractivity contribution in [3.05, 3.63) is 23.8 Å². The first-order chi connectivity index (χ1) is 8.81. The molecule has 0 spiro atoms. The third-order valence-corrected chi connectivity index (χ3v) is 2.76. The van der Waals surface area contributed by atoms with Crippen molar-refractivity contribution in [2.45, 2.75) is 19.3 Å². The Labute approximate surface area is 106 Å². The average Bonchev–Trinajstić information content (AvgIpc) is 2.85. The molecule has 1 aromatic carbocycles. The zero-order valence-electron chi connectivity index (χ0n) is 10.1. The second kappa shape index (κ2) is 6.26. The van der Waals surface area contributed by atoms with Crippen LogP contribution in [-0.2, 0) is 0 Å². The van der Waals surface area contributed by atoms with Gasteiger partial charge in [0, 0.05) is 18.7 Å². The molecule has 0 unspecified atom stereocenters. The first-order valence-corrected chi connectivity index (χ1v) is 6.10. The molecular formula is C13H17NO4. The molecule has 0 saturated carbocycles. The van der Waals surface area contributed by atoms with E-state index in [1.165, 1.54) is 0 Å². The average molecular weight is 251 g/mol. The molecular weight excluding hydrogens is 234 g/mol. The fraction of sp³-hybridized carbons (Fsp3) is 0.462. The monoisotopic (exact) mass is 251 g/mol. The molecule has 1 aliphatic heterocycles. The van der Waals surface area contributed by atoms with Crippen molar-refractivity contribution < 1.29 is 19.4 Å². The summed E-state index contributed by atoms with van der Waals surface area (Å²) in [5.74, 6) is 1.18.